The topological polar surface area (TPSA) is 55.2 Å². The van der Waals surface area contributed by atoms with E-state index in [1.165, 1.54) is 16.9 Å². The van der Waals surface area contributed by atoms with Gasteiger partial charge in [-0.1, -0.05) is 44.2 Å². The number of carbonyl (C=O) groups excluding carboxylic acids is 1. The molecule has 4 rings (SSSR count). The van der Waals surface area contributed by atoms with Gasteiger partial charge in [0.15, 0.2) is 0 Å². The van der Waals surface area contributed by atoms with Crippen LogP contribution in [-0.2, 0) is 24.2 Å². The Morgan fingerprint density at radius 2 is 1.80 bits per heavy atom. The Bertz CT molecular complexity index is 1100. The quantitative estimate of drug-likeness (QED) is 0.556. The molecule has 0 radical (unpaired) electrons. The number of fused-ring (bicyclic) bond motifs is 3. The average Bonchev–Trinajstić information content (AvgIpc) is 3.14. The van der Waals surface area contributed by atoms with E-state index in [2.05, 4.69) is 13.8 Å². The van der Waals surface area contributed by atoms with E-state index in [-0.39, 0.29) is 18.0 Å². The zero-order valence-corrected chi connectivity index (χ0v) is 18.6. The van der Waals surface area contributed by atoms with Gasteiger partial charge in [-0.05, 0) is 44.1 Å². The predicted octanol–water partition coefficient (Wildman–Crippen LogP) is 4.65. The highest BCUT2D eigenvalue weighted by molar-refractivity contribution is 7.18. The monoisotopic (exact) mass is 423 g/mol. The van der Waals surface area contributed by atoms with E-state index in [0.717, 1.165) is 47.9 Å². The molecule has 1 aromatic carbocycles. The van der Waals surface area contributed by atoms with Gasteiger partial charge in [0, 0.05) is 23.5 Å². The zero-order chi connectivity index (χ0) is 21.1. The van der Waals surface area contributed by atoms with Gasteiger partial charge in [0.25, 0.3) is 5.56 Å². The van der Waals surface area contributed by atoms with Crippen molar-refractivity contribution in [3.8, 4) is 11.4 Å². The number of rotatable bonds is 7. The second kappa shape index (κ2) is 9.13. The number of carbonyl (C=O) groups is 1. The van der Waals surface area contributed by atoms with E-state index in [1.54, 1.807) is 15.9 Å². The molecule has 0 bridgehead atoms. The maximum Gasteiger partial charge on any atom is 0.263 e. The van der Waals surface area contributed by atoms with Crippen LogP contribution in [0.15, 0.2) is 35.1 Å². The van der Waals surface area contributed by atoms with Crippen molar-refractivity contribution in [3.63, 3.8) is 0 Å². The molecule has 1 aliphatic carbocycles. The third-order valence-corrected chi connectivity index (χ3v) is 6.93. The fraction of sp³-hybridized carbons (Fsp3) is 0.458. The Labute approximate surface area is 181 Å². The summed E-state index contributed by atoms with van der Waals surface area (Å²) in [5.41, 5.74) is 1.96. The summed E-state index contributed by atoms with van der Waals surface area (Å²) in [6.07, 6.45) is 6.04. The van der Waals surface area contributed by atoms with Crippen molar-refractivity contribution in [2.24, 2.45) is 0 Å². The molecule has 158 valence electrons. The molecule has 0 saturated carbocycles. The van der Waals surface area contributed by atoms with Crippen LogP contribution < -0.4 is 5.56 Å². The lowest BCUT2D eigenvalue weighted by Gasteiger charge is -2.23. The van der Waals surface area contributed by atoms with E-state index in [4.69, 9.17) is 4.98 Å². The van der Waals surface area contributed by atoms with Gasteiger partial charge in [0.05, 0.1) is 5.39 Å². The lowest BCUT2D eigenvalue weighted by molar-refractivity contribution is -0.132. The van der Waals surface area contributed by atoms with Crippen molar-refractivity contribution in [2.75, 3.05) is 13.1 Å². The Hall–Kier alpha value is -2.47. The molecule has 1 amide bonds. The molecule has 3 aromatic rings. The second-order valence-corrected chi connectivity index (χ2v) is 9.05. The van der Waals surface area contributed by atoms with Crippen molar-refractivity contribution >= 4 is 27.5 Å². The first-order chi connectivity index (χ1) is 14.6. The first kappa shape index (κ1) is 20.8. The van der Waals surface area contributed by atoms with Crippen LogP contribution in [0.4, 0.5) is 0 Å². The van der Waals surface area contributed by atoms with Gasteiger partial charge in [-0.3, -0.25) is 14.2 Å². The number of aryl methyl sites for hydroxylation is 2. The first-order valence-electron chi connectivity index (χ1n) is 11.0. The largest absolute Gasteiger partial charge is 0.341 e. The molecule has 30 heavy (non-hydrogen) atoms. The third kappa shape index (κ3) is 3.93. The highest BCUT2D eigenvalue weighted by Crippen LogP contribution is 2.34. The molecule has 1 aliphatic rings. The number of hydrogen-bond donors (Lipinski definition) is 0. The number of nitrogens with zero attached hydrogens (tertiary/aromatic N) is 3. The summed E-state index contributed by atoms with van der Waals surface area (Å²) in [6.45, 7) is 5.61. The number of aromatic nitrogens is 2. The molecule has 0 fully saturated rings. The van der Waals surface area contributed by atoms with E-state index >= 15 is 0 Å². The van der Waals surface area contributed by atoms with Crippen molar-refractivity contribution in [1.29, 1.82) is 0 Å². The maximum atomic E-state index is 13.7. The number of hydrogen-bond acceptors (Lipinski definition) is 4. The van der Waals surface area contributed by atoms with Gasteiger partial charge in [0.2, 0.25) is 5.91 Å². The van der Waals surface area contributed by atoms with Crippen LogP contribution in [0.25, 0.3) is 21.6 Å². The smallest absolute Gasteiger partial charge is 0.263 e. The summed E-state index contributed by atoms with van der Waals surface area (Å²) < 4.78 is 1.61. The molecule has 6 heteroatoms. The van der Waals surface area contributed by atoms with Gasteiger partial charge in [-0.2, -0.15) is 0 Å². The molecule has 0 N–H and O–H groups in total. The van der Waals surface area contributed by atoms with Crippen LogP contribution in [0.2, 0.25) is 0 Å². The third-order valence-electron chi connectivity index (χ3n) is 5.74. The number of benzene rings is 1. The fourth-order valence-electron chi connectivity index (χ4n) is 4.33. The molecule has 5 nitrogen and oxygen atoms in total. The normalized spacial score (nSPS) is 13.4. The van der Waals surface area contributed by atoms with Crippen LogP contribution in [0.5, 0.6) is 0 Å². The molecule has 2 aromatic heterocycles. The van der Waals surface area contributed by atoms with Gasteiger partial charge >= 0.3 is 0 Å². The Morgan fingerprint density at radius 3 is 2.50 bits per heavy atom. The van der Waals surface area contributed by atoms with Crippen molar-refractivity contribution in [2.45, 2.75) is 58.9 Å². The predicted molar refractivity (Wildman–Crippen MR) is 123 cm³/mol. The van der Waals surface area contributed by atoms with Crippen LogP contribution in [-0.4, -0.2) is 33.4 Å². The summed E-state index contributed by atoms with van der Waals surface area (Å²) in [4.78, 5) is 35.7. The minimum Gasteiger partial charge on any atom is -0.341 e. The molecule has 0 saturated heterocycles. The van der Waals surface area contributed by atoms with Crippen LogP contribution in [0.1, 0.15) is 50.0 Å². The minimum absolute atomic E-state index is 0.0109. The second-order valence-electron chi connectivity index (χ2n) is 7.96. The summed E-state index contributed by atoms with van der Waals surface area (Å²) >= 11 is 1.65. The number of amides is 1. The van der Waals surface area contributed by atoms with E-state index in [9.17, 15) is 9.59 Å². The summed E-state index contributed by atoms with van der Waals surface area (Å²) in [5.74, 6) is 0.580. The van der Waals surface area contributed by atoms with Crippen LogP contribution in [0.3, 0.4) is 0 Å². The highest BCUT2D eigenvalue weighted by Gasteiger charge is 2.24. The van der Waals surface area contributed by atoms with Crippen molar-refractivity contribution < 1.29 is 4.79 Å². The SMILES string of the molecule is CCCN(CCC)C(=O)Cn1c(-c2ccccc2)nc2sc3c(c2c1=O)CCCC3. The molecule has 0 unspecified atom stereocenters. The maximum absolute atomic E-state index is 13.7. The van der Waals surface area contributed by atoms with E-state index in [1.807, 2.05) is 35.2 Å². The van der Waals surface area contributed by atoms with Crippen molar-refractivity contribution in [3.05, 3.63) is 51.1 Å². The standard InChI is InChI=1S/C24H29N3O2S/c1-3-14-26(15-4-2)20(28)16-27-22(17-10-6-5-7-11-17)25-23-21(24(27)29)18-12-8-9-13-19(18)30-23/h5-7,10-11H,3-4,8-9,12-16H2,1-2H3. The molecular weight excluding hydrogens is 394 g/mol. The summed E-state index contributed by atoms with van der Waals surface area (Å²) in [5, 5.41) is 0.736. The van der Waals surface area contributed by atoms with Crippen molar-refractivity contribution in [1.82, 2.24) is 14.5 Å². The Morgan fingerprint density at radius 1 is 1.10 bits per heavy atom. The van der Waals surface area contributed by atoms with Gasteiger partial charge in [-0.25, -0.2) is 4.98 Å². The summed E-state index contributed by atoms with van der Waals surface area (Å²) in [7, 11) is 0. The van der Waals surface area contributed by atoms with Gasteiger partial charge in [0.1, 0.15) is 17.2 Å². The highest BCUT2D eigenvalue weighted by atomic mass is 32.1. The Balaban J connectivity index is 1.86. The average molecular weight is 424 g/mol. The number of thiophene rings is 1. The first-order valence-corrected chi connectivity index (χ1v) is 11.8. The molecule has 0 aliphatic heterocycles. The summed E-state index contributed by atoms with van der Waals surface area (Å²) in [6, 6.07) is 9.75. The molecule has 0 atom stereocenters. The lowest BCUT2D eigenvalue weighted by Crippen LogP contribution is -2.38. The molecule has 0 spiro atoms. The van der Waals surface area contributed by atoms with E-state index < -0.39 is 0 Å². The van der Waals surface area contributed by atoms with E-state index in [0.29, 0.717) is 18.9 Å². The fourth-order valence-corrected chi connectivity index (χ4v) is 5.58. The lowest BCUT2D eigenvalue weighted by atomic mass is 9.97. The zero-order valence-electron chi connectivity index (χ0n) is 17.8. The van der Waals surface area contributed by atoms with Gasteiger partial charge in [-0.15, -0.1) is 11.3 Å². The van der Waals surface area contributed by atoms with Gasteiger partial charge < -0.3 is 4.90 Å². The van der Waals surface area contributed by atoms with Crippen LogP contribution >= 0.6 is 11.3 Å². The Kier molecular flexibility index (Phi) is 6.32. The minimum atomic E-state index is -0.0699. The molecule has 2 heterocycles. The van der Waals surface area contributed by atoms with Crippen LogP contribution in [0, 0.1) is 0 Å². The molecular formula is C24H29N3O2S.